The van der Waals surface area contributed by atoms with Gasteiger partial charge in [0.15, 0.2) is 6.29 Å². The van der Waals surface area contributed by atoms with E-state index >= 15 is 0 Å². The number of rotatable bonds is 1. The zero-order valence-electron chi connectivity index (χ0n) is 9.01. The van der Waals surface area contributed by atoms with Crippen molar-refractivity contribution >= 4 is 0 Å². The second kappa shape index (κ2) is 6.70. The van der Waals surface area contributed by atoms with Crippen molar-refractivity contribution in [1.29, 1.82) is 0 Å². The second-order valence-electron chi connectivity index (χ2n) is 3.51. The molecule has 1 saturated heterocycles. The fourth-order valence-corrected chi connectivity index (χ4v) is 1.19. The van der Waals surface area contributed by atoms with Gasteiger partial charge in [-0.05, 0) is 12.1 Å². The van der Waals surface area contributed by atoms with Gasteiger partial charge in [-0.15, -0.1) is 0 Å². The summed E-state index contributed by atoms with van der Waals surface area (Å²) in [6, 6.07) is 3.46. The quantitative estimate of drug-likeness (QED) is 0.397. The Morgan fingerprint density at radius 2 is 1.88 bits per heavy atom. The smallest absolute Gasteiger partial charge is 0.183 e. The number of hydrogen-bond acceptors (Lipinski definition) is 7. The van der Waals surface area contributed by atoms with Crippen LogP contribution in [0.4, 0.5) is 0 Å². The molecule has 0 bridgehead atoms. The van der Waals surface area contributed by atoms with Crippen molar-refractivity contribution in [1.82, 2.24) is 0 Å². The van der Waals surface area contributed by atoms with E-state index in [-0.39, 0.29) is 13.2 Å². The van der Waals surface area contributed by atoms with Gasteiger partial charge in [0.05, 0.1) is 12.9 Å². The lowest BCUT2D eigenvalue weighted by Crippen LogP contribution is -2.52. The highest BCUT2D eigenvalue weighted by Gasteiger charge is 2.36. The molecule has 1 aromatic heterocycles. The summed E-state index contributed by atoms with van der Waals surface area (Å²) >= 11 is 0. The molecule has 2 heterocycles. The van der Waals surface area contributed by atoms with Crippen molar-refractivity contribution in [3.05, 3.63) is 24.2 Å². The van der Waals surface area contributed by atoms with Gasteiger partial charge in [-0.3, -0.25) is 0 Å². The third kappa shape index (κ3) is 4.08. The predicted octanol–water partition coefficient (Wildman–Crippen LogP) is -1.81. The van der Waals surface area contributed by atoms with Crippen molar-refractivity contribution in [2.45, 2.75) is 31.2 Å². The van der Waals surface area contributed by atoms with Crippen molar-refractivity contribution in [2.75, 3.05) is 6.61 Å². The van der Waals surface area contributed by atoms with Crippen LogP contribution in [0.25, 0.3) is 0 Å². The van der Waals surface area contributed by atoms with Crippen molar-refractivity contribution < 1.29 is 34.7 Å². The van der Waals surface area contributed by atoms with Crippen LogP contribution in [0.1, 0.15) is 5.76 Å². The van der Waals surface area contributed by atoms with E-state index < -0.39 is 24.6 Å². The van der Waals surface area contributed by atoms with E-state index in [2.05, 4.69) is 4.74 Å². The van der Waals surface area contributed by atoms with E-state index in [9.17, 15) is 0 Å². The minimum absolute atomic E-state index is 0.00694. The van der Waals surface area contributed by atoms with Gasteiger partial charge >= 0.3 is 0 Å². The van der Waals surface area contributed by atoms with Crippen molar-refractivity contribution in [3.8, 4) is 0 Å². The lowest BCUT2D eigenvalue weighted by Gasteiger charge is -2.31. The third-order valence-electron chi connectivity index (χ3n) is 2.21. The minimum Gasteiger partial charge on any atom is -0.467 e. The highest BCUT2D eigenvalue weighted by molar-refractivity contribution is 4.95. The summed E-state index contributed by atoms with van der Waals surface area (Å²) in [5, 5.41) is 43.6. The average Bonchev–Trinajstić information content (AvgIpc) is 2.85. The van der Waals surface area contributed by atoms with Crippen LogP contribution in [0.5, 0.6) is 0 Å². The lowest BCUT2D eigenvalue weighted by molar-refractivity contribution is -0.252. The zero-order valence-corrected chi connectivity index (χ0v) is 9.01. The Hall–Kier alpha value is -0.960. The van der Waals surface area contributed by atoms with Gasteiger partial charge < -0.3 is 34.7 Å². The van der Waals surface area contributed by atoms with E-state index in [1.165, 1.54) is 6.26 Å². The molecule has 4 atom stereocenters. The molecule has 7 nitrogen and oxygen atoms in total. The summed E-state index contributed by atoms with van der Waals surface area (Å²) in [6.45, 7) is -0.160. The molecule has 5 N–H and O–H groups in total. The molecule has 0 aliphatic carbocycles. The van der Waals surface area contributed by atoms with E-state index in [0.29, 0.717) is 5.76 Å². The van der Waals surface area contributed by atoms with Gasteiger partial charge in [0.25, 0.3) is 0 Å². The van der Waals surface area contributed by atoms with Gasteiger partial charge in [-0.1, -0.05) is 0 Å². The average molecular weight is 248 g/mol. The largest absolute Gasteiger partial charge is 0.467 e. The first-order valence-electron chi connectivity index (χ1n) is 5.03. The molecule has 0 radical (unpaired) electrons. The van der Waals surface area contributed by atoms with Crippen LogP contribution in [0.15, 0.2) is 22.8 Å². The summed E-state index contributed by atoms with van der Waals surface area (Å²) in [5.74, 6) is 0.611. The van der Waals surface area contributed by atoms with Crippen LogP contribution < -0.4 is 0 Å². The summed E-state index contributed by atoms with van der Waals surface area (Å²) in [5.41, 5.74) is 0. The molecule has 7 heteroatoms. The van der Waals surface area contributed by atoms with Crippen molar-refractivity contribution in [3.63, 3.8) is 0 Å². The summed E-state index contributed by atoms with van der Waals surface area (Å²) in [6.07, 6.45) is -3.70. The summed E-state index contributed by atoms with van der Waals surface area (Å²) in [7, 11) is 0. The molecule has 17 heavy (non-hydrogen) atoms. The first-order chi connectivity index (χ1) is 8.06. The van der Waals surface area contributed by atoms with Gasteiger partial charge in [-0.2, -0.15) is 0 Å². The Morgan fingerprint density at radius 1 is 1.18 bits per heavy atom. The van der Waals surface area contributed by atoms with Gasteiger partial charge in [0.1, 0.15) is 30.7 Å². The molecule has 1 unspecified atom stereocenters. The molecule has 0 spiro atoms. The van der Waals surface area contributed by atoms with Gasteiger partial charge in [0, 0.05) is 0 Å². The molecule has 0 amide bonds. The zero-order chi connectivity index (χ0) is 12.8. The fourth-order valence-electron chi connectivity index (χ4n) is 1.19. The molecule has 1 aromatic rings. The number of furan rings is 1. The van der Waals surface area contributed by atoms with E-state index in [1.807, 2.05) is 0 Å². The SMILES string of the molecule is OC1OC[C@@H](O)[C@H](O)[C@H]1O.OCc1ccco1. The van der Waals surface area contributed by atoms with Crippen LogP contribution in [0, 0.1) is 0 Å². The number of hydrogen-bond donors (Lipinski definition) is 5. The lowest BCUT2D eigenvalue weighted by atomic mass is 10.1. The minimum atomic E-state index is -1.41. The van der Waals surface area contributed by atoms with E-state index in [4.69, 9.17) is 29.9 Å². The molecule has 2 rings (SSSR count). The Labute approximate surface area is 97.5 Å². The Balaban J connectivity index is 0.000000181. The Kier molecular flexibility index (Phi) is 5.56. The molecule has 0 aromatic carbocycles. The maximum Gasteiger partial charge on any atom is 0.183 e. The maximum atomic E-state index is 8.88. The second-order valence-corrected chi connectivity index (χ2v) is 3.51. The molecule has 1 fully saturated rings. The monoisotopic (exact) mass is 248 g/mol. The third-order valence-corrected chi connectivity index (χ3v) is 2.21. The molecule has 98 valence electrons. The van der Waals surface area contributed by atoms with Crippen LogP contribution in [-0.2, 0) is 11.3 Å². The number of aliphatic hydroxyl groups is 5. The van der Waals surface area contributed by atoms with Crippen LogP contribution in [0.3, 0.4) is 0 Å². The standard InChI is InChI=1S/C5H10O5.C5H6O2/c6-2-1-10-5(9)4(8)3(2)7;6-4-5-2-1-3-7-5/h2-9H,1H2;1-3,6H,4H2/t2-,3+,4-,5?;/m1./s1. The predicted molar refractivity (Wildman–Crippen MR) is 54.6 cm³/mol. The summed E-state index contributed by atoms with van der Waals surface area (Å²) in [4.78, 5) is 0. The molecule has 1 aliphatic rings. The maximum absolute atomic E-state index is 8.88. The van der Waals surface area contributed by atoms with Crippen LogP contribution >= 0.6 is 0 Å². The topological polar surface area (TPSA) is 124 Å². The molecule has 0 saturated carbocycles. The van der Waals surface area contributed by atoms with Crippen molar-refractivity contribution in [2.24, 2.45) is 0 Å². The van der Waals surface area contributed by atoms with Crippen LogP contribution in [0.2, 0.25) is 0 Å². The van der Waals surface area contributed by atoms with E-state index in [0.717, 1.165) is 0 Å². The number of aliphatic hydroxyl groups excluding tert-OH is 5. The normalized spacial score (nSPS) is 32.8. The highest BCUT2D eigenvalue weighted by Crippen LogP contribution is 2.12. The first kappa shape index (κ1) is 14.1. The Bertz CT molecular complexity index is 286. The fraction of sp³-hybridized carbons (Fsp3) is 0.600. The first-order valence-corrected chi connectivity index (χ1v) is 5.03. The number of ether oxygens (including phenoxy) is 1. The highest BCUT2D eigenvalue weighted by atomic mass is 16.6. The van der Waals surface area contributed by atoms with Crippen LogP contribution in [-0.4, -0.2) is 56.7 Å². The van der Waals surface area contributed by atoms with E-state index in [1.54, 1.807) is 12.1 Å². The van der Waals surface area contributed by atoms with Gasteiger partial charge in [0.2, 0.25) is 0 Å². The Morgan fingerprint density at radius 3 is 2.29 bits per heavy atom. The molecule has 1 aliphatic heterocycles. The van der Waals surface area contributed by atoms with Gasteiger partial charge in [-0.25, -0.2) is 0 Å². The molecular formula is C10H16O7. The summed E-state index contributed by atoms with van der Waals surface area (Å²) < 4.78 is 9.20. The molecular weight excluding hydrogens is 232 g/mol.